The molecular weight excluding hydrogens is 386 g/mol. The third-order valence-electron chi connectivity index (χ3n) is 4.49. The number of hydrogen-bond donors (Lipinski definition) is 4. The fourth-order valence-corrected chi connectivity index (χ4v) is 2.94. The van der Waals surface area contributed by atoms with Crippen molar-refractivity contribution < 1.29 is 24.5 Å². The summed E-state index contributed by atoms with van der Waals surface area (Å²) in [6, 6.07) is 11.5. The van der Waals surface area contributed by atoms with Crippen molar-refractivity contribution in [3.8, 4) is 0 Å². The number of aliphatic hydroxyl groups excluding tert-OH is 1. The number of benzene rings is 1. The number of aromatic nitrogens is 1. The monoisotopic (exact) mass is 405 g/mol. The highest BCUT2D eigenvalue weighted by Gasteiger charge is 2.48. The normalized spacial score (nSPS) is 24.0. The molecule has 0 saturated carbocycles. The Morgan fingerprint density at radius 2 is 1.86 bits per heavy atom. The lowest BCUT2D eigenvalue weighted by Gasteiger charge is -2.26. The Bertz CT molecular complexity index is 833. The number of aliphatic hydroxyl groups is 2. The molecule has 1 fully saturated rings. The summed E-state index contributed by atoms with van der Waals surface area (Å²) in [5, 5.41) is 26.5. The van der Waals surface area contributed by atoms with Gasteiger partial charge in [0, 0.05) is 18.3 Å². The molecule has 9 heteroatoms. The molecule has 3 atom stereocenters. The molecule has 0 aliphatic carbocycles. The summed E-state index contributed by atoms with van der Waals surface area (Å²) in [6.07, 6.45) is -0.769. The molecule has 1 aliphatic heterocycles. The van der Waals surface area contributed by atoms with E-state index in [-0.39, 0.29) is 30.8 Å². The molecule has 0 bridgehead atoms. The smallest absolute Gasteiger partial charge is 0.252 e. The van der Waals surface area contributed by atoms with E-state index in [1.54, 1.807) is 30.3 Å². The number of pyridine rings is 1. The van der Waals surface area contributed by atoms with Crippen LogP contribution >= 0.6 is 11.6 Å². The van der Waals surface area contributed by atoms with Crippen molar-refractivity contribution in [2.24, 2.45) is 0 Å². The summed E-state index contributed by atoms with van der Waals surface area (Å²) in [7, 11) is 0. The van der Waals surface area contributed by atoms with Crippen LogP contribution in [-0.4, -0.2) is 64.5 Å². The largest absolute Gasteiger partial charge is 0.387 e. The molecule has 4 N–H and O–H groups in total. The predicted molar refractivity (Wildman–Crippen MR) is 101 cm³/mol. The van der Waals surface area contributed by atoms with Gasteiger partial charge in [0.1, 0.15) is 23.0 Å². The fraction of sp³-hybridized carbons (Fsp3) is 0.316. The second-order valence-electron chi connectivity index (χ2n) is 6.53. The van der Waals surface area contributed by atoms with Crippen LogP contribution < -0.4 is 10.6 Å². The first-order valence-corrected chi connectivity index (χ1v) is 9.02. The lowest BCUT2D eigenvalue weighted by atomic mass is 9.96. The zero-order chi connectivity index (χ0) is 20.1. The molecule has 1 aliphatic rings. The van der Waals surface area contributed by atoms with Gasteiger partial charge in [-0.1, -0.05) is 29.8 Å². The van der Waals surface area contributed by atoms with E-state index in [2.05, 4.69) is 15.6 Å². The highest BCUT2D eigenvalue weighted by molar-refractivity contribution is 6.29. The van der Waals surface area contributed by atoms with Gasteiger partial charge in [0.15, 0.2) is 0 Å². The molecule has 0 spiro atoms. The summed E-state index contributed by atoms with van der Waals surface area (Å²) in [5.74, 6) is -0.777. The highest BCUT2D eigenvalue weighted by atomic mass is 35.5. The third-order valence-corrected chi connectivity index (χ3v) is 4.72. The van der Waals surface area contributed by atoms with Gasteiger partial charge in [-0.2, -0.15) is 0 Å². The molecule has 2 amide bonds. The lowest BCUT2D eigenvalue weighted by Crippen LogP contribution is -2.53. The Morgan fingerprint density at radius 3 is 2.54 bits per heavy atom. The standard InChI is InChI=1S/C19H20ClN3O5/c20-15-7-6-13(8-21-15)18(26)22-9-14-16(24)19(27,11-28-14)10-23-17(25)12-4-2-1-3-5-12/h1-8,14,16,24,27H,9-11H2,(H,22,26)(H,23,25)/t14-,16-,19+/m1/s1. The van der Waals surface area contributed by atoms with Crippen LogP contribution in [0.1, 0.15) is 20.7 Å². The Morgan fingerprint density at radius 1 is 1.14 bits per heavy atom. The minimum Gasteiger partial charge on any atom is -0.387 e. The van der Waals surface area contributed by atoms with Crippen LogP contribution in [0.2, 0.25) is 5.15 Å². The molecule has 2 heterocycles. The summed E-state index contributed by atoms with van der Waals surface area (Å²) in [6.45, 7) is -0.378. The van der Waals surface area contributed by atoms with Crippen LogP contribution in [0.4, 0.5) is 0 Å². The maximum atomic E-state index is 12.1. The number of ether oxygens (including phenoxy) is 1. The van der Waals surface area contributed by atoms with Crippen LogP contribution in [0.5, 0.6) is 0 Å². The average molecular weight is 406 g/mol. The second-order valence-corrected chi connectivity index (χ2v) is 6.91. The van der Waals surface area contributed by atoms with Gasteiger partial charge in [0.25, 0.3) is 11.8 Å². The van der Waals surface area contributed by atoms with Crippen LogP contribution in [0.15, 0.2) is 48.7 Å². The number of hydrogen-bond acceptors (Lipinski definition) is 6. The van der Waals surface area contributed by atoms with Crippen LogP contribution in [0.3, 0.4) is 0 Å². The number of nitrogens with zero attached hydrogens (tertiary/aromatic N) is 1. The summed E-state index contributed by atoms with van der Waals surface area (Å²) in [4.78, 5) is 28.0. The number of rotatable bonds is 6. The Kier molecular flexibility index (Phi) is 6.25. The SMILES string of the molecule is O=C(NC[C@H]1OC[C@@](O)(CNC(=O)c2ccccc2)[C@@H]1O)c1ccc(Cl)nc1. The van der Waals surface area contributed by atoms with E-state index in [0.29, 0.717) is 11.1 Å². The molecule has 3 rings (SSSR count). The van der Waals surface area contributed by atoms with Crippen LogP contribution in [0, 0.1) is 0 Å². The van der Waals surface area contributed by atoms with Crippen molar-refractivity contribution in [2.75, 3.05) is 19.7 Å². The van der Waals surface area contributed by atoms with Gasteiger partial charge >= 0.3 is 0 Å². The van der Waals surface area contributed by atoms with Gasteiger partial charge in [-0.15, -0.1) is 0 Å². The zero-order valence-electron chi connectivity index (χ0n) is 14.8. The van der Waals surface area contributed by atoms with Crippen molar-refractivity contribution >= 4 is 23.4 Å². The number of halogens is 1. The average Bonchev–Trinajstić information content (AvgIpc) is 3.00. The van der Waals surface area contributed by atoms with E-state index >= 15 is 0 Å². The molecule has 1 saturated heterocycles. The van der Waals surface area contributed by atoms with Gasteiger partial charge in [-0.05, 0) is 24.3 Å². The number of nitrogens with one attached hydrogen (secondary N) is 2. The summed E-state index contributed by atoms with van der Waals surface area (Å²) >= 11 is 5.68. The third kappa shape index (κ3) is 4.66. The van der Waals surface area contributed by atoms with E-state index in [1.165, 1.54) is 18.3 Å². The van der Waals surface area contributed by atoms with Gasteiger partial charge in [-0.25, -0.2) is 4.98 Å². The lowest BCUT2D eigenvalue weighted by molar-refractivity contribution is -0.0464. The first-order valence-electron chi connectivity index (χ1n) is 8.64. The van der Waals surface area contributed by atoms with E-state index < -0.39 is 23.7 Å². The molecule has 8 nitrogen and oxygen atoms in total. The minimum absolute atomic E-state index is 0.0163. The van der Waals surface area contributed by atoms with Crippen LogP contribution in [0.25, 0.3) is 0 Å². The van der Waals surface area contributed by atoms with Gasteiger partial charge in [0.05, 0.1) is 18.7 Å². The van der Waals surface area contributed by atoms with Crippen molar-refractivity contribution in [3.05, 3.63) is 64.9 Å². The maximum Gasteiger partial charge on any atom is 0.252 e. The topological polar surface area (TPSA) is 121 Å². The summed E-state index contributed by atoms with van der Waals surface area (Å²) < 4.78 is 5.42. The number of carbonyl (C=O) groups is 2. The number of carbonyl (C=O) groups excluding carboxylic acids is 2. The van der Waals surface area contributed by atoms with E-state index in [0.717, 1.165) is 0 Å². The van der Waals surface area contributed by atoms with Crippen LogP contribution in [-0.2, 0) is 4.74 Å². The first-order chi connectivity index (χ1) is 13.4. The number of amides is 2. The Balaban J connectivity index is 1.51. The van der Waals surface area contributed by atoms with E-state index in [1.807, 2.05) is 0 Å². The maximum absolute atomic E-state index is 12.1. The first kappa shape index (κ1) is 20.2. The predicted octanol–water partition coefficient (Wildman–Crippen LogP) is 0.386. The summed E-state index contributed by atoms with van der Waals surface area (Å²) in [5.41, 5.74) is -0.899. The van der Waals surface area contributed by atoms with Gasteiger partial charge in [-0.3, -0.25) is 9.59 Å². The van der Waals surface area contributed by atoms with Gasteiger partial charge < -0.3 is 25.6 Å². The molecule has 148 valence electrons. The fourth-order valence-electron chi connectivity index (χ4n) is 2.83. The molecule has 0 radical (unpaired) electrons. The van der Waals surface area contributed by atoms with Crippen molar-refractivity contribution in [3.63, 3.8) is 0 Å². The Labute approximate surface area is 166 Å². The van der Waals surface area contributed by atoms with Crippen molar-refractivity contribution in [2.45, 2.75) is 17.8 Å². The zero-order valence-corrected chi connectivity index (χ0v) is 15.6. The second kappa shape index (κ2) is 8.66. The van der Waals surface area contributed by atoms with E-state index in [4.69, 9.17) is 16.3 Å². The molecule has 2 aromatic rings. The van der Waals surface area contributed by atoms with Crippen molar-refractivity contribution in [1.82, 2.24) is 15.6 Å². The molecule has 1 aromatic carbocycles. The van der Waals surface area contributed by atoms with Crippen molar-refractivity contribution in [1.29, 1.82) is 0 Å². The molecule has 28 heavy (non-hydrogen) atoms. The van der Waals surface area contributed by atoms with Gasteiger partial charge in [0.2, 0.25) is 0 Å². The Hall–Kier alpha value is -2.52. The van der Waals surface area contributed by atoms with E-state index in [9.17, 15) is 19.8 Å². The molecule has 0 unspecified atom stereocenters. The molecule has 1 aromatic heterocycles. The highest BCUT2D eigenvalue weighted by Crippen LogP contribution is 2.24. The quantitative estimate of drug-likeness (QED) is 0.516. The molecular formula is C19H20ClN3O5. The minimum atomic E-state index is -1.65.